The van der Waals surface area contributed by atoms with E-state index in [1.807, 2.05) is 12.1 Å². The highest BCUT2D eigenvalue weighted by molar-refractivity contribution is 7.89. The van der Waals surface area contributed by atoms with E-state index >= 15 is 0 Å². The molecule has 0 fully saturated rings. The molecule has 0 aliphatic carbocycles. The van der Waals surface area contributed by atoms with Crippen LogP contribution in [-0.2, 0) is 21.2 Å². The molecule has 0 aliphatic rings. The molecule has 0 heterocycles. The van der Waals surface area contributed by atoms with Gasteiger partial charge in [-0.25, -0.2) is 12.7 Å². The van der Waals surface area contributed by atoms with Gasteiger partial charge < -0.3 is 5.32 Å². The van der Waals surface area contributed by atoms with Gasteiger partial charge in [-0.3, -0.25) is 9.59 Å². The molecule has 0 aromatic heterocycles. The molecule has 2 aromatic rings. The third-order valence-electron chi connectivity index (χ3n) is 4.31. The number of Topliss-reactive ketones (excluding diaryl/α,β-unsaturated/α-hetero) is 1. The number of benzene rings is 2. The zero-order chi connectivity index (χ0) is 20.7. The monoisotopic (exact) mass is 402 g/mol. The zero-order valence-electron chi connectivity index (χ0n) is 16.4. The SMILES string of the molecule is CCCc1ccc(C(=O)CCC(=O)Nc2ccc(S(=O)(=O)N(C)C)cc2)cc1. The Kier molecular flexibility index (Phi) is 7.48. The number of nitrogens with zero attached hydrogens (tertiary/aromatic N) is 1. The second kappa shape index (κ2) is 9.61. The Morgan fingerprint density at radius 3 is 2.07 bits per heavy atom. The van der Waals surface area contributed by atoms with Crippen LogP contribution in [0.1, 0.15) is 42.1 Å². The van der Waals surface area contributed by atoms with Crippen LogP contribution >= 0.6 is 0 Å². The van der Waals surface area contributed by atoms with Crippen molar-refractivity contribution in [2.45, 2.75) is 37.5 Å². The van der Waals surface area contributed by atoms with Gasteiger partial charge in [-0.05, 0) is 36.2 Å². The van der Waals surface area contributed by atoms with E-state index in [1.54, 1.807) is 12.1 Å². The number of carbonyl (C=O) groups excluding carboxylic acids is 2. The van der Waals surface area contributed by atoms with Crippen molar-refractivity contribution < 1.29 is 18.0 Å². The maximum absolute atomic E-state index is 12.2. The van der Waals surface area contributed by atoms with Gasteiger partial charge in [0.05, 0.1) is 4.90 Å². The third-order valence-corrected chi connectivity index (χ3v) is 6.14. The Labute approximate surface area is 166 Å². The second-order valence-corrected chi connectivity index (χ2v) is 8.88. The Hall–Kier alpha value is -2.51. The van der Waals surface area contributed by atoms with E-state index in [0.717, 1.165) is 17.1 Å². The van der Waals surface area contributed by atoms with E-state index < -0.39 is 10.0 Å². The molecule has 0 saturated heterocycles. The minimum absolute atomic E-state index is 0.0628. The lowest BCUT2D eigenvalue weighted by Crippen LogP contribution is -2.22. The average molecular weight is 403 g/mol. The van der Waals surface area contributed by atoms with E-state index in [1.165, 1.54) is 43.9 Å². The normalized spacial score (nSPS) is 11.4. The fraction of sp³-hybridized carbons (Fsp3) is 0.333. The number of carbonyl (C=O) groups is 2. The van der Waals surface area contributed by atoms with Crippen LogP contribution < -0.4 is 5.32 Å². The van der Waals surface area contributed by atoms with E-state index in [4.69, 9.17) is 0 Å². The lowest BCUT2D eigenvalue weighted by Gasteiger charge is -2.12. The van der Waals surface area contributed by atoms with Crippen LogP contribution in [-0.4, -0.2) is 38.5 Å². The number of rotatable bonds is 9. The molecule has 6 nitrogen and oxygen atoms in total. The average Bonchev–Trinajstić information content (AvgIpc) is 2.67. The predicted octanol–water partition coefficient (Wildman–Crippen LogP) is 3.49. The molecule has 0 unspecified atom stereocenters. The molecule has 2 rings (SSSR count). The quantitative estimate of drug-likeness (QED) is 0.651. The van der Waals surface area contributed by atoms with Gasteiger partial charge in [-0.2, -0.15) is 0 Å². The number of amides is 1. The number of aryl methyl sites for hydroxylation is 1. The van der Waals surface area contributed by atoms with E-state index in [2.05, 4.69) is 12.2 Å². The topological polar surface area (TPSA) is 83.5 Å². The maximum Gasteiger partial charge on any atom is 0.242 e. The van der Waals surface area contributed by atoms with Gasteiger partial charge in [0.1, 0.15) is 0 Å². The van der Waals surface area contributed by atoms with Crippen LogP contribution in [0.5, 0.6) is 0 Å². The third kappa shape index (κ3) is 5.74. The summed E-state index contributed by atoms with van der Waals surface area (Å²) in [5.74, 6) is -0.371. The number of sulfonamides is 1. The summed E-state index contributed by atoms with van der Waals surface area (Å²) in [5, 5.41) is 2.68. The van der Waals surface area contributed by atoms with Gasteiger partial charge in [-0.15, -0.1) is 0 Å². The molecule has 0 bridgehead atoms. The van der Waals surface area contributed by atoms with Crippen molar-refractivity contribution in [3.05, 3.63) is 59.7 Å². The minimum Gasteiger partial charge on any atom is -0.326 e. The van der Waals surface area contributed by atoms with Gasteiger partial charge in [0.2, 0.25) is 15.9 Å². The summed E-state index contributed by atoms with van der Waals surface area (Å²) in [6.45, 7) is 2.10. The first-order valence-corrected chi connectivity index (χ1v) is 10.6. The summed E-state index contributed by atoms with van der Waals surface area (Å²) in [7, 11) is -0.590. The molecular weight excluding hydrogens is 376 g/mol. The van der Waals surface area contributed by atoms with Crippen LogP contribution in [0.15, 0.2) is 53.4 Å². The first-order valence-electron chi connectivity index (χ1n) is 9.18. The number of hydrogen-bond acceptors (Lipinski definition) is 4. The Morgan fingerprint density at radius 1 is 0.929 bits per heavy atom. The van der Waals surface area contributed by atoms with E-state index in [0.29, 0.717) is 11.3 Å². The molecule has 0 atom stereocenters. The number of anilines is 1. The second-order valence-electron chi connectivity index (χ2n) is 6.73. The van der Waals surface area contributed by atoms with Crippen molar-refractivity contribution in [3.8, 4) is 0 Å². The Bertz CT molecular complexity index is 918. The molecule has 0 aliphatic heterocycles. The largest absolute Gasteiger partial charge is 0.326 e. The van der Waals surface area contributed by atoms with Gasteiger partial charge in [-0.1, -0.05) is 37.6 Å². The maximum atomic E-state index is 12.2. The molecule has 0 spiro atoms. The van der Waals surface area contributed by atoms with E-state index in [-0.39, 0.29) is 29.4 Å². The Balaban J connectivity index is 1.89. The number of hydrogen-bond donors (Lipinski definition) is 1. The molecule has 0 saturated carbocycles. The van der Waals surface area contributed by atoms with Crippen LogP contribution in [0, 0.1) is 0 Å². The molecule has 150 valence electrons. The molecule has 2 aromatic carbocycles. The van der Waals surface area contributed by atoms with Crippen LogP contribution in [0.2, 0.25) is 0 Å². The molecule has 28 heavy (non-hydrogen) atoms. The van der Waals surface area contributed by atoms with Gasteiger partial charge in [0.15, 0.2) is 5.78 Å². The van der Waals surface area contributed by atoms with Crippen molar-refractivity contribution in [2.24, 2.45) is 0 Å². The minimum atomic E-state index is -3.51. The first kappa shape index (κ1) is 21.8. The lowest BCUT2D eigenvalue weighted by atomic mass is 10.0. The van der Waals surface area contributed by atoms with Crippen molar-refractivity contribution in [2.75, 3.05) is 19.4 Å². The number of ketones is 1. The van der Waals surface area contributed by atoms with Crippen molar-refractivity contribution in [1.29, 1.82) is 0 Å². The summed E-state index contributed by atoms with van der Waals surface area (Å²) < 4.78 is 25.2. The summed E-state index contributed by atoms with van der Waals surface area (Å²) >= 11 is 0. The standard InChI is InChI=1S/C21H26N2O4S/c1-4-5-16-6-8-17(9-7-16)20(24)14-15-21(25)22-18-10-12-19(13-11-18)28(26,27)23(2)3/h6-13H,4-5,14-15H2,1-3H3,(H,22,25). The Morgan fingerprint density at radius 2 is 1.54 bits per heavy atom. The van der Waals surface area contributed by atoms with Gasteiger partial charge in [0.25, 0.3) is 0 Å². The molecule has 0 radical (unpaired) electrons. The van der Waals surface area contributed by atoms with Crippen LogP contribution in [0.4, 0.5) is 5.69 Å². The van der Waals surface area contributed by atoms with Crippen LogP contribution in [0.25, 0.3) is 0 Å². The first-order chi connectivity index (χ1) is 13.2. The molecule has 7 heteroatoms. The fourth-order valence-corrected chi connectivity index (χ4v) is 3.56. The summed E-state index contributed by atoms with van der Waals surface area (Å²) in [5.41, 5.74) is 2.28. The smallest absolute Gasteiger partial charge is 0.242 e. The van der Waals surface area contributed by atoms with Gasteiger partial charge in [0, 0.05) is 38.2 Å². The highest BCUT2D eigenvalue weighted by Crippen LogP contribution is 2.17. The summed E-state index contributed by atoms with van der Waals surface area (Å²) in [6, 6.07) is 13.4. The highest BCUT2D eigenvalue weighted by atomic mass is 32.2. The summed E-state index contributed by atoms with van der Waals surface area (Å²) in [4.78, 5) is 24.5. The lowest BCUT2D eigenvalue weighted by molar-refractivity contribution is -0.116. The fourth-order valence-electron chi connectivity index (χ4n) is 2.66. The van der Waals surface area contributed by atoms with Crippen LogP contribution in [0.3, 0.4) is 0 Å². The van der Waals surface area contributed by atoms with Gasteiger partial charge >= 0.3 is 0 Å². The summed E-state index contributed by atoms with van der Waals surface area (Å²) in [6.07, 6.45) is 2.21. The predicted molar refractivity (Wildman–Crippen MR) is 110 cm³/mol. The highest BCUT2D eigenvalue weighted by Gasteiger charge is 2.17. The van der Waals surface area contributed by atoms with Crippen molar-refractivity contribution >= 4 is 27.4 Å². The molecular formula is C21H26N2O4S. The molecule has 1 amide bonds. The number of nitrogens with one attached hydrogen (secondary N) is 1. The van der Waals surface area contributed by atoms with Crippen molar-refractivity contribution in [3.63, 3.8) is 0 Å². The zero-order valence-corrected chi connectivity index (χ0v) is 17.3. The molecule has 1 N–H and O–H groups in total. The van der Waals surface area contributed by atoms with Crippen molar-refractivity contribution in [1.82, 2.24) is 4.31 Å². The van der Waals surface area contributed by atoms with E-state index in [9.17, 15) is 18.0 Å².